The first-order chi connectivity index (χ1) is 9.97. The van der Waals surface area contributed by atoms with Crippen LogP contribution in [0, 0.1) is 17.0 Å². The molecule has 0 amide bonds. The van der Waals surface area contributed by atoms with Crippen molar-refractivity contribution in [2.24, 2.45) is 0 Å². The lowest BCUT2D eigenvalue weighted by Crippen LogP contribution is -1.98. The van der Waals surface area contributed by atoms with E-state index in [1.165, 1.54) is 12.1 Å². The molecule has 0 atom stereocenters. The summed E-state index contributed by atoms with van der Waals surface area (Å²) in [6.07, 6.45) is 1.64. The molecule has 0 spiro atoms. The molecule has 2 aromatic carbocycles. The predicted octanol–water partition coefficient (Wildman–Crippen LogP) is 4.52. The first kappa shape index (κ1) is 15.1. The lowest BCUT2D eigenvalue weighted by Gasteiger charge is -2.01. The Bertz CT molecular complexity index is 703. The molecule has 106 valence electrons. The van der Waals surface area contributed by atoms with Gasteiger partial charge in [-0.1, -0.05) is 29.8 Å². The molecule has 0 aliphatic heterocycles. The van der Waals surface area contributed by atoms with Crippen LogP contribution in [0.25, 0.3) is 6.08 Å². The second-order valence-corrected chi connectivity index (χ2v) is 5.39. The zero-order valence-electron chi connectivity index (χ0n) is 11.2. The van der Waals surface area contributed by atoms with Crippen LogP contribution in [-0.4, -0.2) is 10.7 Å². The fraction of sp³-hybridized carbons (Fsp3) is 0.0625. The Hall–Kier alpha value is -2.27. The van der Waals surface area contributed by atoms with Crippen molar-refractivity contribution in [1.29, 1.82) is 0 Å². The lowest BCUT2D eigenvalue weighted by atomic mass is 10.1. The molecule has 2 rings (SSSR count). The number of nitrogens with zero attached hydrogens (tertiary/aromatic N) is 1. The molecule has 4 nitrogen and oxygen atoms in total. The molecule has 2 aromatic rings. The molecule has 0 saturated heterocycles. The van der Waals surface area contributed by atoms with Gasteiger partial charge in [-0.05, 0) is 46.6 Å². The van der Waals surface area contributed by atoms with E-state index >= 15 is 0 Å². The third-order valence-electron chi connectivity index (χ3n) is 2.93. The maximum absolute atomic E-state index is 12.2. The molecule has 5 heteroatoms. The Kier molecular flexibility index (Phi) is 4.65. The van der Waals surface area contributed by atoms with Crippen LogP contribution < -0.4 is 0 Å². The number of allylic oxidation sites excluding steroid dienone is 1. The zero-order chi connectivity index (χ0) is 15.4. The maximum atomic E-state index is 12.2. The molecule has 0 aromatic heterocycles. The van der Waals surface area contributed by atoms with E-state index < -0.39 is 4.92 Å². The van der Waals surface area contributed by atoms with E-state index in [0.717, 1.165) is 5.56 Å². The van der Waals surface area contributed by atoms with Crippen LogP contribution in [0.15, 0.2) is 53.0 Å². The highest BCUT2D eigenvalue weighted by molar-refractivity contribution is 9.12. The number of nitro benzene ring substituents is 1. The molecule has 0 aliphatic carbocycles. The highest BCUT2D eigenvalue weighted by Crippen LogP contribution is 2.20. The second-order valence-electron chi connectivity index (χ2n) is 4.54. The Morgan fingerprint density at radius 2 is 1.67 bits per heavy atom. The summed E-state index contributed by atoms with van der Waals surface area (Å²) in [5.74, 6) is -0.131. The molecule has 0 aliphatic rings. The standard InChI is InChI=1S/C16H12BrNO3/c1-11-2-6-13(7-3-11)16(19)15(17)10-12-4-8-14(9-5-12)18(20)21/h2-10H,1H3. The molecule has 0 N–H and O–H groups in total. The van der Waals surface area contributed by atoms with Crippen molar-refractivity contribution >= 4 is 33.5 Å². The highest BCUT2D eigenvalue weighted by atomic mass is 79.9. The van der Waals surface area contributed by atoms with E-state index in [1.54, 1.807) is 30.3 Å². The van der Waals surface area contributed by atoms with Gasteiger partial charge in [-0.15, -0.1) is 0 Å². The third-order valence-corrected chi connectivity index (χ3v) is 3.52. The average molecular weight is 346 g/mol. The Labute approximate surface area is 130 Å². The van der Waals surface area contributed by atoms with Crippen LogP contribution in [0.3, 0.4) is 0 Å². The lowest BCUT2D eigenvalue weighted by molar-refractivity contribution is -0.384. The molecule has 0 unspecified atom stereocenters. The number of hydrogen-bond acceptors (Lipinski definition) is 3. The highest BCUT2D eigenvalue weighted by Gasteiger charge is 2.10. The van der Waals surface area contributed by atoms with Gasteiger partial charge < -0.3 is 0 Å². The number of carbonyl (C=O) groups excluding carboxylic acids is 1. The molecular formula is C16H12BrNO3. The smallest absolute Gasteiger partial charge is 0.269 e. The van der Waals surface area contributed by atoms with Gasteiger partial charge >= 0.3 is 0 Å². The Morgan fingerprint density at radius 3 is 2.19 bits per heavy atom. The Balaban J connectivity index is 2.21. The number of halogens is 1. The minimum absolute atomic E-state index is 0.0214. The van der Waals surface area contributed by atoms with Crippen molar-refractivity contribution in [3.05, 3.63) is 79.8 Å². The van der Waals surface area contributed by atoms with Gasteiger partial charge in [0, 0.05) is 17.7 Å². The predicted molar refractivity (Wildman–Crippen MR) is 85.5 cm³/mol. The first-order valence-electron chi connectivity index (χ1n) is 6.20. The van der Waals surface area contributed by atoms with Gasteiger partial charge in [-0.2, -0.15) is 0 Å². The van der Waals surface area contributed by atoms with E-state index in [4.69, 9.17) is 0 Å². The SMILES string of the molecule is Cc1ccc(C(=O)C(Br)=Cc2ccc([N+](=O)[O-])cc2)cc1. The third kappa shape index (κ3) is 3.86. The summed E-state index contributed by atoms with van der Waals surface area (Å²) < 4.78 is 0.403. The van der Waals surface area contributed by atoms with Crippen LogP contribution in [-0.2, 0) is 0 Å². The maximum Gasteiger partial charge on any atom is 0.269 e. The summed E-state index contributed by atoms with van der Waals surface area (Å²) in [5, 5.41) is 10.6. The summed E-state index contributed by atoms with van der Waals surface area (Å²) in [5.41, 5.74) is 2.41. The van der Waals surface area contributed by atoms with Crippen molar-refractivity contribution in [2.45, 2.75) is 6.92 Å². The van der Waals surface area contributed by atoms with Gasteiger partial charge in [-0.3, -0.25) is 14.9 Å². The van der Waals surface area contributed by atoms with Crippen LogP contribution in [0.1, 0.15) is 21.5 Å². The number of non-ortho nitro benzene ring substituents is 1. The van der Waals surface area contributed by atoms with Gasteiger partial charge in [0.15, 0.2) is 5.78 Å². The number of rotatable bonds is 4. The molecule has 0 saturated carbocycles. The van der Waals surface area contributed by atoms with Crippen molar-refractivity contribution in [3.8, 4) is 0 Å². The van der Waals surface area contributed by atoms with Gasteiger partial charge in [0.1, 0.15) is 0 Å². The van der Waals surface area contributed by atoms with Gasteiger partial charge in [0.2, 0.25) is 0 Å². The van der Waals surface area contributed by atoms with Crippen molar-refractivity contribution in [2.75, 3.05) is 0 Å². The topological polar surface area (TPSA) is 60.2 Å². The number of carbonyl (C=O) groups is 1. The number of ketones is 1. The average Bonchev–Trinajstić information content (AvgIpc) is 2.47. The van der Waals surface area contributed by atoms with Crippen LogP contribution >= 0.6 is 15.9 Å². The minimum Gasteiger partial charge on any atom is -0.288 e. The van der Waals surface area contributed by atoms with E-state index in [1.807, 2.05) is 19.1 Å². The molecule has 0 fully saturated rings. The van der Waals surface area contributed by atoms with Crippen LogP contribution in [0.4, 0.5) is 5.69 Å². The van der Waals surface area contributed by atoms with Gasteiger partial charge in [0.25, 0.3) is 5.69 Å². The van der Waals surface area contributed by atoms with Crippen LogP contribution in [0.2, 0.25) is 0 Å². The summed E-state index contributed by atoms with van der Waals surface area (Å²) in [7, 11) is 0. The van der Waals surface area contributed by atoms with Crippen molar-refractivity contribution < 1.29 is 9.72 Å². The molecule has 0 heterocycles. The molecular weight excluding hydrogens is 334 g/mol. The number of benzene rings is 2. The minimum atomic E-state index is -0.458. The summed E-state index contributed by atoms with van der Waals surface area (Å²) in [6, 6.07) is 13.3. The Morgan fingerprint density at radius 1 is 1.10 bits per heavy atom. The van der Waals surface area contributed by atoms with E-state index in [2.05, 4.69) is 15.9 Å². The summed E-state index contributed by atoms with van der Waals surface area (Å²) in [6.45, 7) is 1.95. The fourth-order valence-electron chi connectivity index (χ4n) is 1.75. The van der Waals surface area contributed by atoms with E-state index in [9.17, 15) is 14.9 Å². The van der Waals surface area contributed by atoms with Gasteiger partial charge in [-0.25, -0.2) is 0 Å². The largest absolute Gasteiger partial charge is 0.288 e. The van der Waals surface area contributed by atoms with Crippen molar-refractivity contribution in [1.82, 2.24) is 0 Å². The molecule has 0 bridgehead atoms. The normalized spacial score (nSPS) is 11.2. The summed E-state index contributed by atoms with van der Waals surface area (Å²) in [4.78, 5) is 22.3. The number of aryl methyl sites for hydroxylation is 1. The van der Waals surface area contributed by atoms with Crippen molar-refractivity contribution in [3.63, 3.8) is 0 Å². The quantitative estimate of drug-likeness (QED) is 0.354. The molecule has 0 radical (unpaired) electrons. The zero-order valence-corrected chi connectivity index (χ0v) is 12.8. The van der Waals surface area contributed by atoms with Crippen LogP contribution in [0.5, 0.6) is 0 Å². The van der Waals surface area contributed by atoms with E-state index in [0.29, 0.717) is 15.6 Å². The van der Waals surface area contributed by atoms with Gasteiger partial charge in [0.05, 0.1) is 9.41 Å². The second kappa shape index (κ2) is 6.45. The fourth-order valence-corrected chi connectivity index (χ4v) is 2.24. The number of hydrogen-bond donors (Lipinski definition) is 0. The first-order valence-corrected chi connectivity index (χ1v) is 6.99. The monoisotopic (exact) mass is 345 g/mol. The summed E-state index contributed by atoms with van der Waals surface area (Å²) >= 11 is 3.26. The molecule has 21 heavy (non-hydrogen) atoms. The number of nitro groups is 1. The van der Waals surface area contributed by atoms with E-state index in [-0.39, 0.29) is 11.5 Å². The number of Topliss-reactive ketones (excluding diaryl/α,β-unsaturated/α-hetero) is 1.